The summed E-state index contributed by atoms with van der Waals surface area (Å²) in [6.07, 6.45) is -4.15. The van der Waals surface area contributed by atoms with Gasteiger partial charge < -0.3 is 29.0 Å². The third-order valence-electron chi connectivity index (χ3n) is 3.40. The van der Waals surface area contributed by atoms with Crippen LogP contribution in [0.4, 0.5) is 0 Å². The van der Waals surface area contributed by atoms with E-state index in [1.54, 1.807) is 6.92 Å². The Morgan fingerprint density at radius 1 is 0.923 bits per heavy atom. The summed E-state index contributed by atoms with van der Waals surface area (Å²) in [5, 5.41) is 2.60. The Balaban J connectivity index is 3.22. The van der Waals surface area contributed by atoms with Crippen molar-refractivity contribution in [3.05, 3.63) is 0 Å². The molecule has 1 N–H and O–H groups in total. The highest BCUT2D eigenvalue weighted by Gasteiger charge is 2.51. The molecular formula is C16H25NO9. The Hall–Kier alpha value is -2.20. The third-order valence-corrected chi connectivity index (χ3v) is 3.40. The van der Waals surface area contributed by atoms with Crippen LogP contribution >= 0.6 is 0 Å². The lowest BCUT2D eigenvalue weighted by molar-refractivity contribution is -0.276. The third kappa shape index (κ3) is 6.60. The Morgan fingerprint density at radius 3 is 1.96 bits per heavy atom. The quantitative estimate of drug-likeness (QED) is 0.470. The molecule has 1 rings (SSSR count). The molecule has 0 bridgehead atoms. The second kappa shape index (κ2) is 10.1. The van der Waals surface area contributed by atoms with E-state index >= 15 is 0 Å². The highest BCUT2D eigenvalue weighted by molar-refractivity contribution is 5.73. The molecule has 10 heteroatoms. The van der Waals surface area contributed by atoms with E-state index in [1.807, 2.05) is 0 Å². The second-order valence-electron chi connectivity index (χ2n) is 5.68. The van der Waals surface area contributed by atoms with Crippen molar-refractivity contribution in [2.45, 2.75) is 65.3 Å². The predicted octanol–water partition coefficient (Wildman–Crippen LogP) is -0.321. The van der Waals surface area contributed by atoms with Gasteiger partial charge in [0.15, 0.2) is 18.5 Å². The van der Waals surface area contributed by atoms with Gasteiger partial charge in [-0.3, -0.25) is 19.2 Å². The van der Waals surface area contributed by atoms with Gasteiger partial charge in [-0.05, 0) is 6.92 Å². The molecule has 0 aromatic carbocycles. The SMILES string of the molecule is CCOC1O[C@H](COC(C)=O)[C@@H](OC(C)=O)[C@H](OC(C)=O)[C@H]1NC(C)=O. The summed E-state index contributed by atoms with van der Waals surface area (Å²) in [6, 6.07) is -0.922. The lowest BCUT2D eigenvalue weighted by Gasteiger charge is -2.44. The van der Waals surface area contributed by atoms with E-state index in [4.69, 9.17) is 23.7 Å². The first-order valence-corrected chi connectivity index (χ1v) is 8.17. The molecule has 10 nitrogen and oxygen atoms in total. The summed E-state index contributed by atoms with van der Waals surface area (Å²) in [5.74, 6) is -2.28. The van der Waals surface area contributed by atoms with Crippen LogP contribution in [0.5, 0.6) is 0 Å². The van der Waals surface area contributed by atoms with Crippen molar-refractivity contribution in [3.8, 4) is 0 Å². The minimum atomic E-state index is -1.11. The van der Waals surface area contributed by atoms with E-state index in [0.717, 1.165) is 0 Å². The summed E-state index contributed by atoms with van der Waals surface area (Å²) in [5.41, 5.74) is 0. The molecule has 1 unspecified atom stereocenters. The first-order chi connectivity index (χ1) is 12.1. The summed E-state index contributed by atoms with van der Waals surface area (Å²) in [4.78, 5) is 45.8. The normalized spacial score (nSPS) is 28.0. The zero-order valence-electron chi connectivity index (χ0n) is 15.5. The Kier molecular flexibility index (Phi) is 8.46. The number of carbonyl (C=O) groups excluding carboxylic acids is 4. The van der Waals surface area contributed by atoms with Crippen LogP contribution in [0.2, 0.25) is 0 Å². The molecule has 0 aromatic rings. The van der Waals surface area contributed by atoms with Crippen molar-refractivity contribution in [2.75, 3.05) is 13.2 Å². The van der Waals surface area contributed by atoms with Crippen LogP contribution in [-0.2, 0) is 42.9 Å². The van der Waals surface area contributed by atoms with Gasteiger partial charge in [0.2, 0.25) is 5.91 Å². The summed E-state index contributed by atoms with van der Waals surface area (Å²) >= 11 is 0. The molecule has 1 fully saturated rings. The van der Waals surface area contributed by atoms with E-state index in [-0.39, 0.29) is 13.2 Å². The van der Waals surface area contributed by atoms with E-state index in [2.05, 4.69) is 5.32 Å². The average Bonchev–Trinajstić information content (AvgIpc) is 2.50. The Morgan fingerprint density at radius 2 is 1.50 bits per heavy atom. The molecule has 26 heavy (non-hydrogen) atoms. The molecule has 1 heterocycles. The lowest BCUT2D eigenvalue weighted by atomic mass is 9.96. The van der Waals surface area contributed by atoms with Gasteiger partial charge in [-0.25, -0.2) is 0 Å². The molecule has 148 valence electrons. The van der Waals surface area contributed by atoms with Crippen LogP contribution in [0.3, 0.4) is 0 Å². The first-order valence-electron chi connectivity index (χ1n) is 8.17. The number of amides is 1. The lowest BCUT2D eigenvalue weighted by Crippen LogP contribution is -2.66. The smallest absolute Gasteiger partial charge is 0.303 e. The molecule has 1 aliphatic rings. The van der Waals surface area contributed by atoms with Gasteiger partial charge in [-0.15, -0.1) is 0 Å². The molecule has 5 atom stereocenters. The Bertz CT molecular complexity index is 536. The van der Waals surface area contributed by atoms with Gasteiger partial charge >= 0.3 is 17.9 Å². The Labute approximate surface area is 151 Å². The van der Waals surface area contributed by atoms with Crippen LogP contribution in [0.1, 0.15) is 34.6 Å². The molecule has 0 aliphatic carbocycles. The second-order valence-corrected chi connectivity index (χ2v) is 5.68. The van der Waals surface area contributed by atoms with Gasteiger partial charge in [-0.1, -0.05) is 0 Å². The van der Waals surface area contributed by atoms with Crippen LogP contribution in [0.25, 0.3) is 0 Å². The first kappa shape index (κ1) is 21.8. The van der Waals surface area contributed by atoms with E-state index in [9.17, 15) is 19.2 Å². The standard InChI is InChI=1S/C16H25NO9/c1-6-22-16-13(17-8(2)18)15(25-11(5)21)14(24-10(4)20)12(26-16)7-23-9(3)19/h12-16H,6-7H2,1-5H3,(H,17,18)/t12-,13-,14-,15-,16?/m1/s1. The number of nitrogens with one attached hydrogen (secondary N) is 1. The minimum Gasteiger partial charge on any atom is -0.463 e. The topological polar surface area (TPSA) is 126 Å². The van der Waals surface area contributed by atoms with Crippen molar-refractivity contribution >= 4 is 23.8 Å². The van der Waals surface area contributed by atoms with Crippen molar-refractivity contribution < 1.29 is 42.9 Å². The number of esters is 3. The monoisotopic (exact) mass is 375 g/mol. The molecule has 0 saturated carbocycles. The zero-order chi connectivity index (χ0) is 19.9. The largest absolute Gasteiger partial charge is 0.463 e. The fraction of sp³-hybridized carbons (Fsp3) is 0.750. The van der Waals surface area contributed by atoms with Gasteiger partial charge in [0.05, 0.1) is 0 Å². The number of hydrogen-bond acceptors (Lipinski definition) is 9. The molecule has 0 radical (unpaired) electrons. The van der Waals surface area contributed by atoms with Gasteiger partial charge in [-0.2, -0.15) is 0 Å². The number of rotatable bonds is 7. The number of carbonyl (C=O) groups is 4. The zero-order valence-corrected chi connectivity index (χ0v) is 15.5. The fourth-order valence-corrected chi connectivity index (χ4v) is 2.60. The van der Waals surface area contributed by atoms with Gasteiger partial charge in [0.1, 0.15) is 18.8 Å². The molecule has 1 saturated heterocycles. The number of hydrogen-bond donors (Lipinski definition) is 1. The van der Waals surface area contributed by atoms with E-state index in [1.165, 1.54) is 27.7 Å². The maximum atomic E-state index is 11.6. The van der Waals surface area contributed by atoms with Crippen molar-refractivity contribution in [1.82, 2.24) is 5.32 Å². The highest BCUT2D eigenvalue weighted by atomic mass is 16.7. The van der Waals surface area contributed by atoms with E-state index in [0.29, 0.717) is 0 Å². The van der Waals surface area contributed by atoms with Crippen molar-refractivity contribution in [1.29, 1.82) is 0 Å². The molecular weight excluding hydrogens is 350 g/mol. The molecule has 0 spiro atoms. The van der Waals surface area contributed by atoms with E-state index < -0.39 is 54.5 Å². The van der Waals surface area contributed by atoms with Crippen LogP contribution in [-0.4, -0.2) is 67.7 Å². The molecule has 1 amide bonds. The van der Waals surface area contributed by atoms with Crippen LogP contribution in [0, 0.1) is 0 Å². The summed E-state index contributed by atoms with van der Waals surface area (Å²) in [7, 11) is 0. The maximum Gasteiger partial charge on any atom is 0.303 e. The predicted molar refractivity (Wildman–Crippen MR) is 85.6 cm³/mol. The van der Waals surface area contributed by atoms with Crippen LogP contribution in [0.15, 0.2) is 0 Å². The van der Waals surface area contributed by atoms with Crippen molar-refractivity contribution in [2.24, 2.45) is 0 Å². The van der Waals surface area contributed by atoms with Gasteiger partial charge in [0.25, 0.3) is 0 Å². The van der Waals surface area contributed by atoms with Gasteiger partial charge in [0, 0.05) is 34.3 Å². The highest BCUT2D eigenvalue weighted by Crippen LogP contribution is 2.27. The fourth-order valence-electron chi connectivity index (χ4n) is 2.60. The van der Waals surface area contributed by atoms with Crippen LogP contribution < -0.4 is 5.32 Å². The maximum absolute atomic E-state index is 11.6. The average molecular weight is 375 g/mol. The van der Waals surface area contributed by atoms with Crippen molar-refractivity contribution in [3.63, 3.8) is 0 Å². The number of ether oxygens (including phenoxy) is 5. The summed E-state index contributed by atoms with van der Waals surface area (Å²) in [6.45, 7) is 6.56. The minimum absolute atomic E-state index is 0.242. The molecule has 1 aliphatic heterocycles. The molecule has 0 aromatic heterocycles. The summed E-state index contributed by atoms with van der Waals surface area (Å²) < 4.78 is 26.7.